The van der Waals surface area contributed by atoms with Crippen LogP contribution in [0.4, 0.5) is 20.3 Å². The molecule has 216 valence electrons. The summed E-state index contributed by atoms with van der Waals surface area (Å²) in [6, 6.07) is 11.6. The second kappa shape index (κ2) is 10.7. The van der Waals surface area contributed by atoms with Crippen molar-refractivity contribution in [1.82, 2.24) is 25.0 Å². The quantitative estimate of drug-likeness (QED) is 0.207. The first-order valence-corrected chi connectivity index (χ1v) is 12.8. The van der Waals surface area contributed by atoms with Crippen LogP contribution in [-0.2, 0) is 0 Å². The number of hydrogen-bond donors (Lipinski definition) is 4. The zero-order valence-corrected chi connectivity index (χ0v) is 23.1. The molecule has 0 spiro atoms. The molecule has 0 aliphatic heterocycles. The Hall–Kier alpha value is -5.17. The molecule has 0 aliphatic carbocycles. The topological polar surface area (TPSA) is 147 Å². The molecule has 0 fully saturated rings. The van der Waals surface area contributed by atoms with E-state index in [-0.39, 0.29) is 28.4 Å². The summed E-state index contributed by atoms with van der Waals surface area (Å²) in [4.78, 5) is 30.0. The van der Waals surface area contributed by atoms with Crippen LogP contribution < -0.4 is 20.9 Å². The molecule has 42 heavy (non-hydrogen) atoms. The Morgan fingerprint density at radius 3 is 2.43 bits per heavy atom. The van der Waals surface area contributed by atoms with Gasteiger partial charge in [0.25, 0.3) is 11.5 Å². The highest BCUT2D eigenvalue weighted by atomic mass is 19.1. The Bertz CT molecular complexity index is 1840. The van der Waals surface area contributed by atoms with Gasteiger partial charge in [-0.2, -0.15) is 14.9 Å². The highest BCUT2D eigenvalue weighted by molar-refractivity contribution is 6.04. The third kappa shape index (κ3) is 5.54. The van der Waals surface area contributed by atoms with Crippen molar-refractivity contribution in [3.8, 4) is 17.2 Å². The predicted octanol–water partition coefficient (Wildman–Crippen LogP) is 4.79. The van der Waals surface area contributed by atoms with Gasteiger partial charge in [-0.3, -0.25) is 14.7 Å². The first kappa shape index (κ1) is 28.4. The van der Waals surface area contributed by atoms with Crippen LogP contribution in [0.1, 0.15) is 38.1 Å². The number of aromatic amines is 1. The summed E-state index contributed by atoms with van der Waals surface area (Å²) in [6.07, 6.45) is 2.73. The van der Waals surface area contributed by atoms with Crippen LogP contribution in [0.3, 0.4) is 0 Å². The van der Waals surface area contributed by atoms with E-state index in [2.05, 4.69) is 30.9 Å². The van der Waals surface area contributed by atoms with Crippen molar-refractivity contribution < 1.29 is 23.4 Å². The summed E-state index contributed by atoms with van der Waals surface area (Å²) >= 11 is 0. The number of benzene rings is 2. The molecule has 4 N–H and O–H groups in total. The second-order valence-corrected chi connectivity index (χ2v) is 10.6. The minimum absolute atomic E-state index is 0.0758. The Morgan fingerprint density at radius 1 is 1.00 bits per heavy atom. The molecular weight excluding hydrogens is 548 g/mol. The van der Waals surface area contributed by atoms with Crippen molar-refractivity contribution >= 4 is 28.4 Å². The van der Waals surface area contributed by atoms with Gasteiger partial charge in [0.15, 0.2) is 23.0 Å². The zero-order chi connectivity index (χ0) is 30.2. The van der Waals surface area contributed by atoms with Crippen molar-refractivity contribution in [3.63, 3.8) is 0 Å². The third-order valence-corrected chi connectivity index (χ3v) is 6.96. The number of H-pyrrole nitrogens is 1. The molecule has 0 unspecified atom stereocenters. The molecule has 5 aromatic rings. The molecule has 3 aromatic heterocycles. The number of amides is 1. The van der Waals surface area contributed by atoms with Gasteiger partial charge in [0, 0.05) is 30.2 Å². The molecule has 11 nitrogen and oxygen atoms in total. The molecular formula is C29H27F2N7O4. The van der Waals surface area contributed by atoms with E-state index in [0.717, 1.165) is 10.7 Å². The number of ether oxygens (including phenoxy) is 1. The van der Waals surface area contributed by atoms with E-state index >= 15 is 4.39 Å². The highest BCUT2D eigenvalue weighted by Gasteiger charge is 2.36. The van der Waals surface area contributed by atoms with Gasteiger partial charge in [0.05, 0.1) is 16.8 Å². The fourth-order valence-electron chi connectivity index (χ4n) is 3.88. The zero-order valence-electron chi connectivity index (χ0n) is 23.1. The molecule has 3 heterocycles. The molecule has 0 bridgehead atoms. The summed E-state index contributed by atoms with van der Waals surface area (Å²) in [6.45, 7) is 6.94. The largest absolute Gasteiger partial charge is 0.453 e. The summed E-state index contributed by atoms with van der Waals surface area (Å²) in [5.41, 5.74) is -2.17. The van der Waals surface area contributed by atoms with Crippen LogP contribution in [-0.4, -0.2) is 47.1 Å². The minimum Gasteiger partial charge on any atom is -0.453 e. The lowest BCUT2D eigenvalue weighted by molar-refractivity contribution is 0.0239. The van der Waals surface area contributed by atoms with E-state index in [9.17, 15) is 19.1 Å². The van der Waals surface area contributed by atoms with E-state index < -0.39 is 34.2 Å². The van der Waals surface area contributed by atoms with Crippen molar-refractivity contribution in [2.45, 2.75) is 38.8 Å². The van der Waals surface area contributed by atoms with Crippen LogP contribution in [0, 0.1) is 11.6 Å². The number of aromatic nitrogens is 5. The SMILES string of the molecule is CC(C)(O)C(C)(C)Nc1n[nH]c2nccc(Oc3ccc(NC(=O)c4ccnn(-c5ccc(F)cc5)c4=O)cc3F)c12. The monoisotopic (exact) mass is 575 g/mol. The Kier molecular flexibility index (Phi) is 7.20. The van der Waals surface area contributed by atoms with Gasteiger partial charge in [-0.05, 0) is 70.2 Å². The standard InChI is InChI=1S/C29H27F2N7O4/c1-28(2,29(3,4)41)35-25-23-22(12-13-32-24(23)36-37-25)42-21-10-7-17(15-20(21)31)34-26(39)19-11-14-33-38(27(19)40)18-8-5-16(30)6-9-18/h5-15,41H,1-4H3,(H,34,39)(H2,32,35,36,37). The maximum absolute atomic E-state index is 15.2. The fourth-order valence-corrected chi connectivity index (χ4v) is 3.88. The number of carbonyl (C=O) groups excluding carboxylic acids is 1. The van der Waals surface area contributed by atoms with Crippen molar-refractivity contribution in [2.75, 3.05) is 10.6 Å². The lowest BCUT2D eigenvalue weighted by Gasteiger charge is -2.38. The van der Waals surface area contributed by atoms with Crippen LogP contribution in [0.5, 0.6) is 11.5 Å². The molecule has 13 heteroatoms. The molecule has 0 saturated carbocycles. The average molecular weight is 576 g/mol. The van der Waals surface area contributed by atoms with Crippen molar-refractivity contribution in [1.29, 1.82) is 0 Å². The van der Waals surface area contributed by atoms with Crippen molar-refractivity contribution in [2.24, 2.45) is 0 Å². The number of fused-ring (bicyclic) bond motifs is 1. The number of halogens is 2. The van der Waals surface area contributed by atoms with E-state index in [1.165, 1.54) is 54.9 Å². The van der Waals surface area contributed by atoms with Crippen LogP contribution in [0.2, 0.25) is 0 Å². The number of aliphatic hydroxyl groups is 1. The van der Waals surface area contributed by atoms with Gasteiger partial charge in [0.1, 0.15) is 22.5 Å². The van der Waals surface area contributed by atoms with Crippen LogP contribution >= 0.6 is 0 Å². The molecule has 0 saturated heterocycles. The number of nitrogens with one attached hydrogen (secondary N) is 3. The summed E-state index contributed by atoms with van der Waals surface area (Å²) < 4.78 is 35.3. The predicted molar refractivity (Wildman–Crippen MR) is 152 cm³/mol. The number of carbonyl (C=O) groups is 1. The van der Waals surface area contributed by atoms with Gasteiger partial charge in [-0.25, -0.2) is 13.8 Å². The minimum atomic E-state index is -1.11. The van der Waals surface area contributed by atoms with E-state index in [0.29, 0.717) is 16.9 Å². The Morgan fingerprint density at radius 2 is 1.74 bits per heavy atom. The van der Waals surface area contributed by atoms with E-state index in [4.69, 9.17) is 4.74 Å². The van der Waals surface area contributed by atoms with E-state index in [1.807, 2.05) is 0 Å². The molecule has 2 aromatic carbocycles. The molecule has 1 amide bonds. The normalized spacial score (nSPS) is 11.9. The third-order valence-electron chi connectivity index (χ3n) is 6.96. The van der Waals surface area contributed by atoms with Crippen LogP contribution in [0.15, 0.2) is 71.8 Å². The maximum atomic E-state index is 15.2. The Labute approximate surface area is 238 Å². The maximum Gasteiger partial charge on any atom is 0.284 e. The smallest absolute Gasteiger partial charge is 0.284 e. The number of rotatable bonds is 8. The molecule has 0 aliphatic rings. The van der Waals surface area contributed by atoms with Crippen molar-refractivity contribution in [3.05, 3.63) is 94.5 Å². The van der Waals surface area contributed by atoms with Gasteiger partial charge >= 0.3 is 0 Å². The second-order valence-electron chi connectivity index (χ2n) is 10.6. The number of anilines is 2. The number of pyridine rings is 1. The number of hydrogen-bond acceptors (Lipinski definition) is 8. The summed E-state index contributed by atoms with van der Waals surface area (Å²) in [5, 5.41) is 27.7. The first-order chi connectivity index (χ1) is 19.8. The average Bonchev–Trinajstić information content (AvgIpc) is 3.33. The first-order valence-electron chi connectivity index (χ1n) is 12.8. The molecule has 0 atom stereocenters. The molecule has 5 rings (SSSR count). The van der Waals surface area contributed by atoms with E-state index in [1.54, 1.807) is 33.8 Å². The highest BCUT2D eigenvalue weighted by Crippen LogP contribution is 2.36. The summed E-state index contributed by atoms with van der Waals surface area (Å²) in [5.74, 6) is -1.60. The molecule has 0 radical (unpaired) electrons. The van der Waals surface area contributed by atoms with Gasteiger partial charge in [-0.15, -0.1) is 0 Å². The Balaban J connectivity index is 1.37. The number of nitrogens with zero attached hydrogens (tertiary/aromatic N) is 4. The van der Waals surface area contributed by atoms with Crippen LogP contribution in [0.25, 0.3) is 16.7 Å². The lowest BCUT2D eigenvalue weighted by atomic mass is 9.86. The fraction of sp³-hybridized carbons (Fsp3) is 0.207. The lowest BCUT2D eigenvalue weighted by Crippen LogP contribution is -2.51. The summed E-state index contributed by atoms with van der Waals surface area (Å²) in [7, 11) is 0. The van der Waals surface area contributed by atoms with Gasteiger partial charge in [0.2, 0.25) is 0 Å². The van der Waals surface area contributed by atoms with Gasteiger partial charge in [-0.1, -0.05) is 0 Å². The van der Waals surface area contributed by atoms with Gasteiger partial charge < -0.3 is 20.5 Å².